The third kappa shape index (κ3) is 5.81. The molecule has 0 heterocycles. The van der Waals surface area contributed by atoms with Crippen molar-refractivity contribution in [1.82, 2.24) is 0 Å². The molecule has 0 spiro atoms. The molecule has 0 atom stereocenters. The van der Waals surface area contributed by atoms with Crippen LogP contribution in [-0.2, 0) is 11.4 Å². The minimum atomic E-state index is -4.53. The second-order valence-electron chi connectivity index (χ2n) is 5.57. The van der Waals surface area contributed by atoms with E-state index in [2.05, 4.69) is 4.74 Å². The molecule has 0 saturated heterocycles. The number of alkyl halides is 3. The smallest absolute Gasteiger partial charge is 0.422 e. The van der Waals surface area contributed by atoms with Crippen molar-refractivity contribution in [2.45, 2.75) is 19.7 Å². The van der Waals surface area contributed by atoms with Crippen LogP contribution in [0.25, 0.3) is 5.57 Å². The molecule has 2 rings (SSSR count). The molecule has 0 aromatic heterocycles. The third-order valence-electron chi connectivity index (χ3n) is 3.57. The summed E-state index contributed by atoms with van der Waals surface area (Å²) in [6.07, 6.45) is -3.05. The first-order valence-electron chi connectivity index (χ1n) is 7.91. The van der Waals surface area contributed by atoms with Gasteiger partial charge in [-0.2, -0.15) is 13.2 Å². The fraction of sp³-hybridized carbons (Fsp3) is 0.211. The SMILES string of the molecule is C/C=C(/C(=O)O)c1ccccc1COc1cc(Cl)c(OCC(F)(F)F)c(Cl)c1. The third-order valence-corrected chi connectivity index (χ3v) is 4.13. The molecular weight excluding hydrogens is 420 g/mol. The van der Waals surface area contributed by atoms with E-state index < -0.39 is 18.8 Å². The van der Waals surface area contributed by atoms with Gasteiger partial charge in [-0.25, -0.2) is 4.79 Å². The zero-order valence-electron chi connectivity index (χ0n) is 14.5. The maximum absolute atomic E-state index is 12.3. The van der Waals surface area contributed by atoms with Crippen LogP contribution < -0.4 is 9.47 Å². The van der Waals surface area contributed by atoms with Gasteiger partial charge >= 0.3 is 12.1 Å². The highest BCUT2D eigenvalue weighted by molar-refractivity contribution is 6.37. The number of carbonyl (C=O) groups is 1. The largest absolute Gasteiger partial charge is 0.489 e. The molecule has 0 bridgehead atoms. The molecule has 2 aromatic rings. The summed E-state index contributed by atoms with van der Waals surface area (Å²) in [4.78, 5) is 11.4. The van der Waals surface area contributed by atoms with E-state index in [4.69, 9.17) is 27.9 Å². The number of aliphatic carboxylic acids is 1. The number of rotatable bonds is 7. The van der Waals surface area contributed by atoms with Crippen molar-refractivity contribution >= 4 is 34.7 Å². The highest BCUT2D eigenvalue weighted by Crippen LogP contribution is 2.38. The maximum atomic E-state index is 12.3. The quantitative estimate of drug-likeness (QED) is 0.542. The number of hydrogen-bond donors (Lipinski definition) is 1. The molecule has 0 radical (unpaired) electrons. The van der Waals surface area contributed by atoms with Crippen molar-refractivity contribution < 1.29 is 32.5 Å². The van der Waals surface area contributed by atoms with Crippen molar-refractivity contribution in [1.29, 1.82) is 0 Å². The van der Waals surface area contributed by atoms with E-state index >= 15 is 0 Å². The monoisotopic (exact) mass is 434 g/mol. The predicted molar refractivity (Wildman–Crippen MR) is 100 cm³/mol. The summed E-state index contributed by atoms with van der Waals surface area (Å²) in [7, 11) is 0. The van der Waals surface area contributed by atoms with E-state index in [9.17, 15) is 23.1 Å². The first kappa shape index (κ1) is 21.9. The van der Waals surface area contributed by atoms with E-state index in [0.717, 1.165) is 0 Å². The van der Waals surface area contributed by atoms with E-state index in [1.807, 2.05) is 0 Å². The number of carboxylic acid groups (broad SMARTS) is 1. The van der Waals surface area contributed by atoms with Gasteiger partial charge in [0.15, 0.2) is 12.4 Å². The first-order chi connectivity index (χ1) is 13.1. The van der Waals surface area contributed by atoms with Crippen LogP contribution in [-0.4, -0.2) is 23.9 Å². The Kier molecular flexibility index (Phi) is 7.21. The van der Waals surface area contributed by atoms with E-state index in [1.54, 1.807) is 31.2 Å². The van der Waals surface area contributed by atoms with Crippen LogP contribution in [0.5, 0.6) is 11.5 Å². The Bertz CT molecular complexity index is 872. The van der Waals surface area contributed by atoms with Gasteiger partial charge in [-0.3, -0.25) is 0 Å². The van der Waals surface area contributed by atoms with Gasteiger partial charge in [0.05, 0.1) is 15.6 Å². The Morgan fingerprint density at radius 3 is 2.29 bits per heavy atom. The lowest BCUT2D eigenvalue weighted by molar-refractivity contribution is -0.153. The molecule has 150 valence electrons. The van der Waals surface area contributed by atoms with Crippen LogP contribution in [0.1, 0.15) is 18.1 Å². The van der Waals surface area contributed by atoms with Crippen LogP contribution in [0.15, 0.2) is 42.5 Å². The maximum Gasteiger partial charge on any atom is 0.422 e. The zero-order chi connectivity index (χ0) is 20.9. The molecule has 0 saturated carbocycles. The first-order valence-corrected chi connectivity index (χ1v) is 8.67. The fourth-order valence-corrected chi connectivity index (χ4v) is 2.95. The molecule has 1 N–H and O–H groups in total. The minimum Gasteiger partial charge on any atom is -0.489 e. The summed E-state index contributed by atoms with van der Waals surface area (Å²) in [6, 6.07) is 9.32. The average molecular weight is 435 g/mol. The molecule has 0 aliphatic carbocycles. The van der Waals surface area contributed by atoms with Crippen molar-refractivity contribution in [3.8, 4) is 11.5 Å². The Labute approximate surface area is 169 Å². The number of carboxylic acids is 1. The van der Waals surface area contributed by atoms with Gasteiger partial charge in [0.25, 0.3) is 0 Å². The summed E-state index contributed by atoms with van der Waals surface area (Å²) >= 11 is 11.9. The normalized spacial score (nSPS) is 12.0. The molecule has 0 amide bonds. The second-order valence-corrected chi connectivity index (χ2v) is 6.39. The van der Waals surface area contributed by atoms with Crippen molar-refractivity contribution in [2.24, 2.45) is 0 Å². The van der Waals surface area contributed by atoms with E-state index in [1.165, 1.54) is 18.2 Å². The van der Waals surface area contributed by atoms with Crippen LogP contribution in [0.3, 0.4) is 0 Å². The molecule has 0 unspecified atom stereocenters. The molecule has 0 fully saturated rings. The van der Waals surface area contributed by atoms with Crippen molar-refractivity contribution in [2.75, 3.05) is 6.61 Å². The highest BCUT2D eigenvalue weighted by Gasteiger charge is 2.29. The van der Waals surface area contributed by atoms with Crippen molar-refractivity contribution in [3.63, 3.8) is 0 Å². The van der Waals surface area contributed by atoms with E-state index in [0.29, 0.717) is 11.1 Å². The standard InChI is InChI=1S/C19H15Cl2F3O4/c1-2-13(18(25)26)14-6-4-3-5-11(14)9-27-12-7-15(20)17(16(21)8-12)28-10-19(22,23)24/h2-8H,9-10H2,1H3,(H,25,26)/b13-2+. The zero-order valence-corrected chi connectivity index (χ0v) is 16.0. The topological polar surface area (TPSA) is 55.8 Å². The van der Waals surface area contributed by atoms with Gasteiger partial charge in [-0.15, -0.1) is 0 Å². The highest BCUT2D eigenvalue weighted by atomic mass is 35.5. The van der Waals surface area contributed by atoms with Crippen LogP contribution in [0, 0.1) is 0 Å². The van der Waals surface area contributed by atoms with Gasteiger partial charge in [-0.05, 0) is 18.1 Å². The lowest BCUT2D eigenvalue weighted by atomic mass is 10.00. The Hall–Kier alpha value is -2.38. The lowest BCUT2D eigenvalue weighted by Gasteiger charge is -2.15. The van der Waals surface area contributed by atoms with Gasteiger partial charge in [0, 0.05) is 12.1 Å². The second kappa shape index (κ2) is 9.21. The Morgan fingerprint density at radius 1 is 1.14 bits per heavy atom. The number of halogens is 5. The molecule has 9 heteroatoms. The van der Waals surface area contributed by atoms with Gasteiger partial charge in [-0.1, -0.05) is 53.5 Å². The molecule has 28 heavy (non-hydrogen) atoms. The average Bonchev–Trinajstić information content (AvgIpc) is 2.59. The van der Waals surface area contributed by atoms with Gasteiger partial charge in [0.1, 0.15) is 12.4 Å². The number of allylic oxidation sites excluding steroid dienone is 1. The number of ether oxygens (including phenoxy) is 2. The fourth-order valence-electron chi connectivity index (χ4n) is 2.38. The summed E-state index contributed by atoms with van der Waals surface area (Å²) in [5.74, 6) is -1.18. The van der Waals surface area contributed by atoms with Gasteiger partial charge in [0.2, 0.25) is 0 Å². The molecular formula is C19H15Cl2F3O4. The summed E-state index contributed by atoms with van der Waals surface area (Å²) in [6.45, 7) is 0.0812. The van der Waals surface area contributed by atoms with Crippen LogP contribution >= 0.6 is 23.2 Å². The molecule has 2 aromatic carbocycles. The summed E-state index contributed by atoms with van der Waals surface area (Å²) in [5.41, 5.74) is 1.20. The Balaban J connectivity index is 2.19. The predicted octanol–water partition coefficient (Wildman–Crippen LogP) is 6.00. The summed E-state index contributed by atoms with van der Waals surface area (Å²) < 4.78 is 47.1. The lowest BCUT2D eigenvalue weighted by Crippen LogP contribution is -2.19. The van der Waals surface area contributed by atoms with Crippen LogP contribution in [0.4, 0.5) is 13.2 Å². The van der Waals surface area contributed by atoms with Crippen LogP contribution in [0.2, 0.25) is 10.0 Å². The Morgan fingerprint density at radius 2 is 1.75 bits per heavy atom. The van der Waals surface area contributed by atoms with Crippen molar-refractivity contribution in [3.05, 3.63) is 63.6 Å². The minimum absolute atomic E-state index is 0.00376. The number of hydrogen-bond acceptors (Lipinski definition) is 3. The molecule has 0 aliphatic heterocycles. The molecule has 0 aliphatic rings. The number of benzene rings is 2. The van der Waals surface area contributed by atoms with E-state index in [-0.39, 0.29) is 33.7 Å². The molecule has 4 nitrogen and oxygen atoms in total. The van der Waals surface area contributed by atoms with Gasteiger partial charge < -0.3 is 14.6 Å². The summed E-state index contributed by atoms with van der Waals surface area (Å²) in [5, 5.41) is 9.03.